The fraction of sp³-hybridized carbons (Fsp3) is 0.100. The van der Waals surface area contributed by atoms with E-state index in [-0.39, 0.29) is 12.4 Å². The molecular formula is C30H26N2O6. The SMILES string of the molecule is COc1cc(C=NNC(=O)COc2ccc(OCc3ccccc3)cc2)ccc1OC(=O)c1ccccc1. The Balaban J connectivity index is 1.23. The van der Waals surface area contributed by atoms with Crippen LogP contribution in [0, 0.1) is 0 Å². The maximum atomic E-state index is 12.3. The lowest BCUT2D eigenvalue weighted by Crippen LogP contribution is -2.24. The normalized spacial score (nSPS) is 10.6. The molecule has 0 radical (unpaired) electrons. The molecule has 8 nitrogen and oxygen atoms in total. The molecule has 0 atom stereocenters. The van der Waals surface area contributed by atoms with Crippen molar-refractivity contribution in [3.8, 4) is 23.0 Å². The van der Waals surface area contributed by atoms with Gasteiger partial charge in [-0.3, -0.25) is 4.79 Å². The Morgan fingerprint density at radius 2 is 1.45 bits per heavy atom. The van der Waals surface area contributed by atoms with Gasteiger partial charge in [-0.05, 0) is 65.7 Å². The van der Waals surface area contributed by atoms with Crippen LogP contribution in [0.15, 0.2) is 108 Å². The summed E-state index contributed by atoms with van der Waals surface area (Å²) in [5.41, 5.74) is 4.55. The van der Waals surface area contributed by atoms with E-state index in [1.54, 1.807) is 66.7 Å². The molecular weight excluding hydrogens is 484 g/mol. The zero-order valence-electron chi connectivity index (χ0n) is 20.7. The fourth-order valence-corrected chi connectivity index (χ4v) is 3.31. The number of rotatable bonds is 11. The maximum absolute atomic E-state index is 12.3. The second-order valence-corrected chi connectivity index (χ2v) is 7.99. The van der Waals surface area contributed by atoms with Crippen LogP contribution in [0.4, 0.5) is 0 Å². The monoisotopic (exact) mass is 510 g/mol. The standard InChI is InChI=1S/C30H26N2O6/c1-35-28-18-23(12-17-27(28)38-30(34)24-10-6-3-7-11-24)19-31-32-29(33)21-37-26-15-13-25(14-16-26)36-20-22-8-4-2-5-9-22/h2-19H,20-21H2,1H3,(H,32,33). The second-order valence-electron chi connectivity index (χ2n) is 7.99. The number of methoxy groups -OCH3 is 1. The molecule has 1 amide bonds. The number of nitrogens with zero attached hydrogens (tertiary/aromatic N) is 1. The van der Waals surface area contributed by atoms with Gasteiger partial charge in [0.05, 0.1) is 18.9 Å². The molecule has 8 heteroatoms. The van der Waals surface area contributed by atoms with Crippen LogP contribution in [0.1, 0.15) is 21.5 Å². The van der Waals surface area contributed by atoms with E-state index < -0.39 is 11.9 Å². The lowest BCUT2D eigenvalue weighted by atomic mass is 10.2. The largest absolute Gasteiger partial charge is 0.493 e. The molecule has 0 spiro atoms. The number of hydrazone groups is 1. The van der Waals surface area contributed by atoms with Crippen molar-refractivity contribution < 1.29 is 28.5 Å². The highest BCUT2D eigenvalue weighted by atomic mass is 16.6. The van der Waals surface area contributed by atoms with Crippen molar-refractivity contribution in [2.45, 2.75) is 6.61 Å². The van der Waals surface area contributed by atoms with Gasteiger partial charge in [-0.25, -0.2) is 10.2 Å². The fourth-order valence-electron chi connectivity index (χ4n) is 3.31. The molecule has 0 aliphatic rings. The summed E-state index contributed by atoms with van der Waals surface area (Å²) >= 11 is 0. The summed E-state index contributed by atoms with van der Waals surface area (Å²) in [5, 5.41) is 3.95. The molecule has 0 heterocycles. The molecule has 0 aliphatic carbocycles. The Morgan fingerprint density at radius 3 is 2.13 bits per heavy atom. The second kappa shape index (κ2) is 13.3. The van der Waals surface area contributed by atoms with Crippen LogP contribution in [0.2, 0.25) is 0 Å². The van der Waals surface area contributed by atoms with Crippen molar-refractivity contribution in [2.75, 3.05) is 13.7 Å². The highest BCUT2D eigenvalue weighted by molar-refractivity contribution is 5.91. The topological polar surface area (TPSA) is 95.5 Å². The van der Waals surface area contributed by atoms with Crippen molar-refractivity contribution in [2.24, 2.45) is 5.10 Å². The Hall–Kier alpha value is -5.11. The van der Waals surface area contributed by atoms with E-state index in [4.69, 9.17) is 18.9 Å². The number of hydrogen-bond donors (Lipinski definition) is 1. The summed E-state index contributed by atoms with van der Waals surface area (Å²) in [6.07, 6.45) is 1.45. The van der Waals surface area contributed by atoms with E-state index in [0.717, 1.165) is 5.56 Å². The number of nitrogens with one attached hydrogen (secondary N) is 1. The van der Waals surface area contributed by atoms with Crippen molar-refractivity contribution in [3.05, 3.63) is 120 Å². The highest BCUT2D eigenvalue weighted by Crippen LogP contribution is 2.28. The first-order valence-electron chi connectivity index (χ1n) is 11.8. The smallest absolute Gasteiger partial charge is 0.343 e. The van der Waals surface area contributed by atoms with Gasteiger partial charge in [0, 0.05) is 0 Å². The molecule has 0 saturated carbocycles. The van der Waals surface area contributed by atoms with E-state index in [0.29, 0.717) is 35.0 Å². The van der Waals surface area contributed by atoms with E-state index in [1.807, 2.05) is 36.4 Å². The minimum absolute atomic E-state index is 0.209. The van der Waals surface area contributed by atoms with E-state index in [2.05, 4.69) is 10.5 Å². The molecule has 0 fully saturated rings. The number of benzene rings is 4. The zero-order chi connectivity index (χ0) is 26.6. The molecule has 0 aliphatic heterocycles. The van der Waals surface area contributed by atoms with Crippen molar-refractivity contribution in [1.82, 2.24) is 5.43 Å². The number of hydrogen-bond acceptors (Lipinski definition) is 7. The summed E-state index contributed by atoms with van der Waals surface area (Å²) in [5.74, 6) is 0.933. The van der Waals surface area contributed by atoms with Crippen molar-refractivity contribution in [3.63, 3.8) is 0 Å². The predicted octanol–water partition coefficient (Wildman–Crippen LogP) is 5.02. The Labute approximate surface area is 220 Å². The molecule has 0 aromatic heterocycles. The van der Waals surface area contributed by atoms with Gasteiger partial charge in [-0.2, -0.15) is 5.10 Å². The molecule has 192 valence electrons. The average molecular weight is 511 g/mol. The number of carbonyl (C=O) groups excluding carboxylic acids is 2. The molecule has 4 aromatic carbocycles. The number of ether oxygens (including phenoxy) is 4. The minimum Gasteiger partial charge on any atom is -0.493 e. The van der Waals surface area contributed by atoms with Gasteiger partial charge in [0.15, 0.2) is 18.1 Å². The first-order valence-corrected chi connectivity index (χ1v) is 11.8. The van der Waals surface area contributed by atoms with Crippen LogP contribution in [0.5, 0.6) is 23.0 Å². The highest BCUT2D eigenvalue weighted by Gasteiger charge is 2.12. The lowest BCUT2D eigenvalue weighted by Gasteiger charge is -2.10. The van der Waals surface area contributed by atoms with Gasteiger partial charge in [0.25, 0.3) is 5.91 Å². The molecule has 4 rings (SSSR count). The number of carbonyl (C=O) groups is 2. The molecule has 0 bridgehead atoms. The number of amides is 1. The first-order chi connectivity index (χ1) is 18.6. The van der Waals surface area contributed by atoms with Crippen LogP contribution in [0.3, 0.4) is 0 Å². The summed E-state index contributed by atoms with van der Waals surface area (Å²) in [6, 6.07) is 30.5. The molecule has 38 heavy (non-hydrogen) atoms. The summed E-state index contributed by atoms with van der Waals surface area (Å²) in [6.45, 7) is 0.258. The third kappa shape index (κ3) is 7.69. The van der Waals surface area contributed by atoms with Crippen LogP contribution in [-0.4, -0.2) is 31.8 Å². The van der Waals surface area contributed by atoms with Gasteiger partial charge < -0.3 is 18.9 Å². The molecule has 0 unspecified atom stereocenters. The van der Waals surface area contributed by atoms with Crippen molar-refractivity contribution >= 4 is 18.1 Å². The van der Waals surface area contributed by atoms with E-state index in [9.17, 15) is 9.59 Å². The maximum Gasteiger partial charge on any atom is 0.343 e. The molecule has 0 saturated heterocycles. The van der Waals surface area contributed by atoms with Gasteiger partial charge >= 0.3 is 5.97 Å². The Bertz CT molecular complexity index is 1370. The molecule has 4 aromatic rings. The zero-order valence-corrected chi connectivity index (χ0v) is 20.7. The lowest BCUT2D eigenvalue weighted by molar-refractivity contribution is -0.123. The third-order valence-corrected chi connectivity index (χ3v) is 5.24. The van der Waals surface area contributed by atoms with Crippen LogP contribution in [-0.2, 0) is 11.4 Å². The van der Waals surface area contributed by atoms with Gasteiger partial charge in [-0.1, -0.05) is 48.5 Å². The summed E-state index contributed by atoms with van der Waals surface area (Å²) < 4.78 is 22.0. The quantitative estimate of drug-likeness (QED) is 0.132. The predicted molar refractivity (Wildman–Crippen MR) is 143 cm³/mol. The Morgan fingerprint density at radius 1 is 0.789 bits per heavy atom. The summed E-state index contributed by atoms with van der Waals surface area (Å²) in [4.78, 5) is 24.4. The molecule has 1 N–H and O–H groups in total. The summed E-state index contributed by atoms with van der Waals surface area (Å²) in [7, 11) is 1.47. The van der Waals surface area contributed by atoms with Crippen LogP contribution < -0.4 is 24.4 Å². The van der Waals surface area contributed by atoms with E-state index >= 15 is 0 Å². The van der Waals surface area contributed by atoms with Crippen molar-refractivity contribution in [1.29, 1.82) is 0 Å². The van der Waals surface area contributed by atoms with Crippen LogP contribution in [0.25, 0.3) is 0 Å². The van der Waals surface area contributed by atoms with Gasteiger partial charge in [-0.15, -0.1) is 0 Å². The van der Waals surface area contributed by atoms with Gasteiger partial charge in [0.1, 0.15) is 18.1 Å². The van der Waals surface area contributed by atoms with Gasteiger partial charge in [0.2, 0.25) is 0 Å². The van der Waals surface area contributed by atoms with E-state index in [1.165, 1.54) is 13.3 Å². The Kier molecular flexibility index (Phi) is 9.07. The first kappa shape index (κ1) is 26.0. The third-order valence-electron chi connectivity index (χ3n) is 5.24. The van der Waals surface area contributed by atoms with Crippen LogP contribution >= 0.6 is 0 Å². The number of esters is 1. The average Bonchev–Trinajstić information content (AvgIpc) is 2.97. The minimum atomic E-state index is -0.494.